The molecule has 3 rings (SSSR count). The average Bonchev–Trinajstić information content (AvgIpc) is 3.19. The Kier molecular flexibility index (Phi) is 2.95. The summed E-state index contributed by atoms with van der Waals surface area (Å²) in [6.45, 7) is 0. The van der Waals surface area contributed by atoms with Crippen molar-refractivity contribution in [2.75, 3.05) is 0 Å². The largest absolute Gasteiger partial charge is 0.475 e. The first-order valence-electron chi connectivity index (χ1n) is 6.35. The first-order chi connectivity index (χ1) is 9.69. The second-order valence-corrected chi connectivity index (χ2v) is 4.79. The van der Waals surface area contributed by atoms with E-state index < -0.39 is 5.97 Å². The molecular formula is C14H12N4O2. The van der Waals surface area contributed by atoms with Crippen LogP contribution in [0.15, 0.2) is 24.3 Å². The molecule has 0 unspecified atom stereocenters. The summed E-state index contributed by atoms with van der Waals surface area (Å²) in [6.07, 6.45) is 2.39. The number of carboxylic acids is 1. The summed E-state index contributed by atoms with van der Waals surface area (Å²) in [6, 6.07) is 9.44. The van der Waals surface area contributed by atoms with Crippen molar-refractivity contribution in [3.8, 4) is 11.8 Å². The zero-order valence-electron chi connectivity index (χ0n) is 10.7. The van der Waals surface area contributed by atoms with E-state index in [1.807, 2.05) is 24.3 Å². The minimum Gasteiger partial charge on any atom is -0.475 e. The lowest BCUT2D eigenvalue weighted by atomic mass is 10.1. The lowest BCUT2D eigenvalue weighted by Crippen LogP contribution is -2.03. The molecule has 20 heavy (non-hydrogen) atoms. The van der Waals surface area contributed by atoms with Crippen LogP contribution < -0.4 is 0 Å². The van der Waals surface area contributed by atoms with Crippen LogP contribution >= 0.6 is 0 Å². The van der Waals surface area contributed by atoms with Gasteiger partial charge in [0.15, 0.2) is 0 Å². The predicted molar refractivity (Wildman–Crippen MR) is 69.6 cm³/mol. The highest BCUT2D eigenvalue weighted by molar-refractivity contribution is 5.83. The Morgan fingerprint density at radius 2 is 2.10 bits per heavy atom. The average molecular weight is 268 g/mol. The van der Waals surface area contributed by atoms with Crippen LogP contribution in [0.4, 0.5) is 0 Å². The molecule has 1 N–H and O–H groups in total. The quantitative estimate of drug-likeness (QED) is 0.914. The van der Waals surface area contributed by atoms with Gasteiger partial charge in [-0.2, -0.15) is 5.26 Å². The smallest absolute Gasteiger partial charge is 0.375 e. The first kappa shape index (κ1) is 12.4. The molecule has 1 fully saturated rings. The minimum atomic E-state index is -1.12. The molecule has 1 saturated carbocycles. The molecule has 0 aliphatic heterocycles. The van der Waals surface area contributed by atoms with Crippen LogP contribution in [-0.2, 0) is 6.42 Å². The third kappa shape index (κ3) is 2.26. The minimum absolute atomic E-state index is 0.173. The second kappa shape index (κ2) is 4.78. The van der Waals surface area contributed by atoms with Crippen molar-refractivity contribution >= 4 is 5.97 Å². The number of aromatic carboxylic acids is 1. The van der Waals surface area contributed by atoms with Gasteiger partial charge in [-0.05, 0) is 30.5 Å². The summed E-state index contributed by atoms with van der Waals surface area (Å²) in [7, 11) is 0. The molecule has 1 aliphatic rings. The van der Waals surface area contributed by atoms with Crippen LogP contribution in [0.5, 0.6) is 0 Å². The number of hydrogen-bond donors (Lipinski definition) is 1. The summed E-state index contributed by atoms with van der Waals surface area (Å²) >= 11 is 0. The van der Waals surface area contributed by atoms with Crippen molar-refractivity contribution in [3.05, 3.63) is 41.5 Å². The number of carbonyl (C=O) groups is 1. The Balaban J connectivity index is 2.00. The molecule has 6 heteroatoms. The Morgan fingerprint density at radius 3 is 2.65 bits per heavy atom. The molecule has 1 aromatic heterocycles. The normalized spacial score (nSPS) is 13.9. The summed E-state index contributed by atoms with van der Waals surface area (Å²) in [5.41, 5.74) is 1.69. The van der Waals surface area contributed by atoms with Gasteiger partial charge in [0.25, 0.3) is 5.82 Å². The highest BCUT2D eigenvalue weighted by atomic mass is 16.4. The third-order valence-corrected chi connectivity index (χ3v) is 3.23. The topological polar surface area (TPSA) is 91.8 Å². The highest BCUT2D eigenvalue weighted by Crippen LogP contribution is 2.39. The van der Waals surface area contributed by atoms with Gasteiger partial charge in [0, 0.05) is 5.92 Å². The predicted octanol–water partition coefficient (Wildman–Crippen LogP) is 1.91. The summed E-state index contributed by atoms with van der Waals surface area (Å²) < 4.78 is 1.59. The molecule has 6 nitrogen and oxygen atoms in total. The van der Waals surface area contributed by atoms with Gasteiger partial charge in [0.1, 0.15) is 5.82 Å². The SMILES string of the molecule is N#CCc1ccc(-n2nc(C(=O)O)nc2C2CC2)cc1. The second-order valence-electron chi connectivity index (χ2n) is 4.79. The maximum Gasteiger partial charge on any atom is 0.375 e. The lowest BCUT2D eigenvalue weighted by molar-refractivity contribution is 0.0683. The zero-order chi connectivity index (χ0) is 14.1. The Morgan fingerprint density at radius 1 is 1.40 bits per heavy atom. The Hall–Kier alpha value is -2.68. The Labute approximate surface area is 115 Å². The molecule has 2 aromatic rings. The van der Waals surface area contributed by atoms with E-state index in [0.29, 0.717) is 18.2 Å². The van der Waals surface area contributed by atoms with Crippen molar-refractivity contribution in [2.45, 2.75) is 25.2 Å². The summed E-state index contributed by atoms with van der Waals surface area (Å²) in [5, 5.41) is 21.7. The van der Waals surface area contributed by atoms with Gasteiger partial charge in [0.2, 0.25) is 0 Å². The van der Waals surface area contributed by atoms with E-state index >= 15 is 0 Å². The van der Waals surface area contributed by atoms with E-state index in [4.69, 9.17) is 10.4 Å². The zero-order valence-corrected chi connectivity index (χ0v) is 10.7. The van der Waals surface area contributed by atoms with E-state index in [1.165, 1.54) is 0 Å². The van der Waals surface area contributed by atoms with Gasteiger partial charge in [0.05, 0.1) is 18.2 Å². The van der Waals surface area contributed by atoms with Crippen LogP contribution in [0, 0.1) is 11.3 Å². The molecule has 0 radical (unpaired) electrons. The fourth-order valence-corrected chi connectivity index (χ4v) is 2.06. The van der Waals surface area contributed by atoms with Crippen molar-refractivity contribution in [1.82, 2.24) is 14.8 Å². The molecule has 1 aliphatic carbocycles. The van der Waals surface area contributed by atoms with Crippen LogP contribution in [0.1, 0.15) is 40.8 Å². The molecule has 1 aromatic carbocycles. The number of nitrogens with zero attached hydrogens (tertiary/aromatic N) is 4. The van der Waals surface area contributed by atoms with Crippen LogP contribution in [0.2, 0.25) is 0 Å². The van der Waals surface area contributed by atoms with Gasteiger partial charge >= 0.3 is 5.97 Å². The number of benzene rings is 1. The van der Waals surface area contributed by atoms with Crippen molar-refractivity contribution < 1.29 is 9.90 Å². The number of hydrogen-bond acceptors (Lipinski definition) is 4. The number of carboxylic acid groups (broad SMARTS) is 1. The molecule has 0 amide bonds. The van der Waals surface area contributed by atoms with Crippen molar-refractivity contribution in [1.29, 1.82) is 5.26 Å². The first-order valence-corrected chi connectivity index (χ1v) is 6.35. The fraction of sp³-hybridized carbons (Fsp3) is 0.286. The maximum absolute atomic E-state index is 11.0. The van der Waals surface area contributed by atoms with Gasteiger partial charge < -0.3 is 5.11 Å². The molecular weight excluding hydrogens is 256 g/mol. The van der Waals surface area contributed by atoms with E-state index in [2.05, 4.69) is 16.2 Å². The van der Waals surface area contributed by atoms with Gasteiger partial charge in [-0.3, -0.25) is 0 Å². The van der Waals surface area contributed by atoms with E-state index in [1.54, 1.807) is 4.68 Å². The summed E-state index contributed by atoms with van der Waals surface area (Å²) in [5.74, 6) is -0.287. The van der Waals surface area contributed by atoms with Gasteiger partial charge in [-0.15, -0.1) is 5.10 Å². The van der Waals surface area contributed by atoms with Gasteiger partial charge in [-0.25, -0.2) is 14.5 Å². The number of aromatic nitrogens is 3. The fourth-order valence-electron chi connectivity index (χ4n) is 2.06. The summed E-state index contributed by atoms with van der Waals surface area (Å²) in [4.78, 5) is 15.1. The molecule has 100 valence electrons. The molecule has 1 heterocycles. The monoisotopic (exact) mass is 268 g/mol. The molecule has 0 saturated heterocycles. The highest BCUT2D eigenvalue weighted by Gasteiger charge is 2.31. The number of nitriles is 1. The molecule has 0 atom stereocenters. The third-order valence-electron chi connectivity index (χ3n) is 3.23. The van der Waals surface area contributed by atoms with Gasteiger partial charge in [-0.1, -0.05) is 12.1 Å². The maximum atomic E-state index is 11.0. The van der Waals surface area contributed by atoms with E-state index in [-0.39, 0.29) is 5.82 Å². The van der Waals surface area contributed by atoms with Crippen LogP contribution in [0.25, 0.3) is 5.69 Å². The number of rotatable bonds is 4. The van der Waals surface area contributed by atoms with Crippen molar-refractivity contribution in [2.24, 2.45) is 0 Å². The lowest BCUT2D eigenvalue weighted by Gasteiger charge is -2.05. The Bertz CT molecular complexity index is 693. The van der Waals surface area contributed by atoms with Crippen LogP contribution in [0.3, 0.4) is 0 Å². The van der Waals surface area contributed by atoms with E-state index in [0.717, 1.165) is 24.1 Å². The standard InChI is InChI=1S/C14H12N4O2/c15-8-7-9-1-5-11(6-2-9)18-13(10-3-4-10)16-12(17-18)14(19)20/h1-2,5-6,10H,3-4,7H2,(H,19,20). The van der Waals surface area contributed by atoms with E-state index in [9.17, 15) is 4.79 Å². The van der Waals surface area contributed by atoms with Crippen LogP contribution in [-0.4, -0.2) is 25.8 Å². The molecule has 0 spiro atoms. The molecule has 0 bridgehead atoms. The van der Waals surface area contributed by atoms with Crippen molar-refractivity contribution in [3.63, 3.8) is 0 Å².